The molecule has 2 aromatic rings. The van der Waals surface area contributed by atoms with Gasteiger partial charge in [0.05, 0.1) is 13.7 Å². The Balaban J connectivity index is 1.88. The van der Waals surface area contributed by atoms with Crippen molar-refractivity contribution in [1.29, 1.82) is 0 Å². The molecule has 5 nitrogen and oxygen atoms in total. The summed E-state index contributed by atoms with van der Waals surface area (Å²) in [6.07, 6.45) is 0. The van der Waals surface area contributed by atoms with Crippen LogP contribution >= 0.6 is 11.3 Å². The normalized spacial score (nSPS) is 12.6. The highest BCUT2D eigenvalue weighted by atomic mass is 32.1. The standard InChI is InChI=1S/C19H27N3O2S/c1-5-24-16-9-8-15(11-17(16)23-4)13-22-19(20-3)21-12-14(2)18-7-6-10-25-18/h6-11,14H,5,12-13H2,1-4H3,(H2,20,21,22). The molecule has 0 amide bonds. The van der Waals surface area contributed by atoms with Gasteiger partial charge in [0.2, 0.25) is 0 Å². The first-order valence-electron chi connectivity index (χ1n) is 8.45. The van der Waals surface area contributed by atoms with Crippen LogP contribution in [0, 0.1) is 0 Å². The Morgan fingerprint density at radius 2 is 2.08 bits per heavy atom. The minimum Gasteiger partial charge on any atom is -0.493 e. The smallest absolute Gasteiger partial charge is 0.191 e. The summed E-state index contributed by atoms with van der Waals surface area (Å²) in [5.41, 5.74) is 1.11. The number of guanidine groups is 1. The SMILES string of the molecule is CCOc1ccc(CNC(=NC)NCC(C)c2cccs2)cc1OC. The van der Waals surface area contributed by atoms with Crippen LogP contribution in [0.4, 0.5) is 0 Å². The van der Waals surface area contributed by atoms with E-state index in [2.05, 4.69) is 40.1 Å². The zero-order valence-electron chi connectivity index (χ0n) is 15.3. The van der Waals surface area contributed by atoms with Gasteiger partial charge >= 0.3 is 0 Å². The maximum atomic E-state index is 5.55. The van der Waals surface area contributed by atoms with Crippen LogP contribution in [-0.4, -0.2) is 33.3 Å². The fraction of sp³-hybridized carbons (Fsp3) is 0.421. The summed E-state index contributed by atoms with van der Waals surface area (Å²) < 4.78 is 10.9. The van der Waals surface area contributed by atoms with E-state index >= 15 is 0 Å². The summed E-state index contributed by atoms with van der Waals surface area (Å²) in [6, 6.07) is 10.2. The summed E-state index contributed by atoms with van der Waals surface area (Å²) in [5.74, 6) is 2.75. The number of hydrogen-bond donors (Lipinski definition) is 2. The summed E-state index contributed by atoms with van der Waals surface area (Å²) in [5, 5.41) is 8.82. The van der Waals surface area contributed by atoms with Gasteiger partial charge in [-0.3, -0.25) is 4.99 Å². The highest BCUT2D eigenvalue weighted by Gasteiger charge is 2.09. The predicted octanol–water partition coefficient (Wildman–Crippen LogP) is 3.62. The van der Waals surface area contributed by atoms with Crippen LogP contribution < -0.4 is 20.1 Å². The van der Waals surface area contributed by atoms with E-state index in [1.165, 1.54) is 4.88 Å². The van der Waals surface area contributed by atoms with E-state index < -0.39 is 0 Å². The number of methoxy groups -OCH3 is 1. The lowest BCUT2D eigenvalue weighted by Crippen LogP contribution is -2.38. The largest absolute Gasteiger partial charge is 0.493 e. The molecule has 6 heteroatoms. The van der Waals surface area contributed by atoms with Gasteiger partial charge in [-0.15, -0.1) is 11.3 Å². The maximum Gasteiger partial charge on any atom is 0.191 e. The molecule has 1 aromatic carbocycles. The Bertz CT molecular complexity index is 671. The fourth-order valence-electron chi connectivity index (χ4n) is 2.43. The van der Waals surface area contributed by atoms with Crippen molar-refractivity contribution in [1.82, 2.24) is 10.6 Å². The molecule has 25 heavy (non-hydrogen) atoms. The molecular formula is C19H27N3O2S. The van der Waals surface area contributed by atoms with Crippen molar-refractivity contribution in [2.24, 2.45) is 4.99 Å². The molecule has 0 radical (unpaired) electrons. The van der Waals surface area contributed by atoms with E-state index in [4.69, 9.17) is 9.47 Å². The number of rotatable bonds is 8. The lowest BCUT2D eigenvalue weighted by Gasteiger charge is -2.16. The first kappa shape index (κ1) is 19.1. The van der Waals surface area contributed by atoms with Gasteiger partial charge in [0, 0.05) is 30.9 Å². The van der Waals surface area contributed by atoms with E-state index in [1.54, 1.807) is 25.5 Å². The average Bonchev–Trinajstić information content (AvgIpc) is 3.17. The van der Waals surface area contributed by atoms with Gasteiger partial charge in [-0.1, -0.05) is 19.1 Å². The van der Waals surface area contributed by atoms with Crippen molar-refractivity contribution >= 4 is 17.3 Å². The molecule has 0 saturated carbocycles. The van der Waals surface area contributed by atoms with Gasteiger partial charge in [-0.25, -0.2) is 0 Å². The van der Waals surface area contributed by atoms with Crippen molar-refractivity contribution in [3.63, 3.8) is 0 Å². The molecule has 0 saturated heterocycles. The Morgan fingerprint density at radius 1 is 1.24 bits per heavy atom. The Kier molecular flexibility index (Phi) is 7.60. The number of thiophene rings is 1. The summed E-state index contributed by atoms with van der Waals surface area (Å²) in [4.78, 5) is 5.66. The third-order valence-electron chi connectivity index (χ3n) is 3.82. The molecule has 0 aliphatic carbocycles. The van der Waals surface area contributed by atoms with E-state index in [9.17, 15) is 0 Å². The maximum absolute atomic E-state index is 5.55. The Labute approximate surface area is 154 Å². The van der Waals surface area contributed by atoms with Crippen LogP contribution in [0.25, 0.3) is 0 Å². The van der Waals surface area contributed by atoms with Crippen LogP contribution in [0.5, 0.6) is 11.5 Å². The topological polar surface area (TPSA) is 54.9 Å². The highest BCUT2D eigenvalue weighted by molar-refractivity contribution is 7.10. The van der Waals surface area contributed by atoms with Crippen molar-refractivity contribution in [2.75, 3.05) is 27.3 Å². The third-order valence-corrected chi connectivity index (χ3v) is 4.92. The minimum atomic E-state index is 0.448. The van der Waals surface area contributed by atoms with Gasteiger partial charge in [0.15, 0.2) is 17.5 Å². The second-order valence-electron chi connectivity index (χ2n) is 5.64. The molecule has 0 fully saturated rings. The molecule has 1 aromatic heterocycles. The number of benzene rings is 1. The van der Waals surface area contributed by atoms with Gasteiger partial charge < -0.3 is 20.1 Å². The van der Waals surface area contributed by atoms with Gasteiger partial charge in [-0.05, 0) is 36.1 Å². The zero-order valence-corrected chi connectivity index (χ0v) is 16.2. The second kappa shape index (κ2) is 9.93. The first-order valence-corrected chi connectivity index (χ1v) is 9.33. The summed E-state index contributed by atoms with van der Waals surface area (Å²) >= 11 is 1.78. The summed E-state index contributed by atoms with van der Waals surface area (Å²) in [6.45, 7) is 6.29. The van der Waals surface area contributed by atoms with E-state index in [-0.39, 0.29) is 0 Å². The van der Waals surface area contributed by atoms with Crippen LogP contribution in [0.3, 0.4) is 0 Å². The van der Waals surface area contributed by atoms with Crippen LogP contribution in [0.1, 0.15) is 30.2 Å². The number of hydrogen-bond acceptors (Lipinski definition) is 4. The van der Waals surface area contributed by atoms with Crippen molar-refractivity contribution in [2.45, 2.75) is 26.3 Å². The number of ether oxygens (including phenoxy) is 2. The van der Waals surface area contributed by atoms with Crippen molar-refractivity contribution < 1.29 is 9.47 Å². The molecule has 0 aliphatic heterocycles. The van der Waals surface area contributed by atoms with E-state index in [0.717, 1.165) is 29.6 Å². The lowest BCUT2D eigenvalue weighted by molar-refractivity contribution is 0.310. The number of nitrogens with zero attached hydrogens (tertiary/aromatic N) is 1. The molecule has 2 rings (SSSR count). The van der Waals surface area contributed by atoms with Gasteiger partial charge in [0.1, 0.15) is 0 Å². The van der Waals surface area contributed by atoms with Gasteiger partial charge in [-0.2, -0.15) is 0 Å². The minimum absolute atomic E-state index is 0.448. The fourth-order valence-corrected chi connectivity index (χ4v) is 3.21. The summed E-state index contributed by atoms with van der Waals surface area (Å²) in [7, 11) is 3.44. The highest BCUT2D eigenvalue weighted by Crippen LogP contribution is 2.28. The quantitative estimate of drug-likeness (QED) is 0.557. The average molecular weight is 362 g/mol. The molecule has 1 atom stereocenters. The Hall–Kier alpha value is -2.21. The molecule has 0 aliphatic rings. The van der Waals surface area contributed by atoms with Crippen molar-refractivity contribution in [3.8, 4) is 11.5 Å². The molecule has 1 heterocycles. The molecule has 136 valence electrons. The third kappa shape index (κ3) is 5.67. The second-order valence-corrected chi connectivity index (χ2v) is 6.62. The van der Waals surface area contributed by atoms with E-state index in [1.807, 2.05) is 25.1 Å². The number of aliphatic imine (C=N–C) groups is 1. The first-order chi connectivity index (χ1) is 12.2. The molecular weight excluding hydrogens is 334 g/mol. The molecule has 0 spiro atoms. The van der Waals surface area contributed by atoms with Gasteiger partial charge in [0.25, 0.3) is 0 Å². The monoisotopic (exact) mass is 361 g/mol. The number of nitrogens with one attached hydrogen (secondary N) is 2. The molecule has 1 unspecified atom stereocenters. The Morgan fingerprint density at radius 3 is 2.72 bits per heavy atom. The van der Waals surface area contributed by atoms with Crippen LogP contribution in [-0.2, 0) is 6.54 Å². The predicted molar refractivity (Wildman–Crippen MR) is 105 cm³/mol. The van der Waals surface area contributed by atoms with E-state index in [0.29, 0.717) is 19.1 Å². The zero-order chi connectivity index (χ0) is 18.1. The van der Waals surface area contributed by atoms with Crippen LogP contribution in [0.2, 0.25) is 0 Å². The molecule has 0 bridgehead atoms. The van der Waals surface area contributed by atoms with Crippen LogP contribution in [0.15, 0.2) is 40.7 Å². The van der Waals surface area contributed by atoms with Crippen molar-refractivity contribution in [3.05, 3.63) is 46.2 Å². The lowest BCUT2D eigenvalue weighted by atomic mass is 10.1. The molecule has 2 N–H and O–H groups in total.